The number of imidazole rings is 1. The molecule has 142 valence electrons. The van der Waals surface area contributed by atoms with Gasteiger partial charge in [-0.05, 0) is 50.8 Å². The summed E-state index contributed by atoms with van der Waals surface area (Å²) in [5, 5.41) is 0. The lowest BCUT2D eigenvalue weighted by Gasteiger charge is -2.20. The van der Waals surface area contributed by atoms with Gasteiger partial charge in [-0.15, -0.1) is 0 Å². The van der Waals surface area contributed by atoms with Gasteiger partial charge in [0.05, 0.1) is 5.69 Å². The Labute approximate surface area is 160 Å². The monoisotopic (exact) mass is 366 g/mol. The number of halogens is 1. The van der Waals surface area contributed by atoms with Gasteiger partial charge >= 0.3 is 0 Å². The highest BCUT2D eigenvalue weighted by molar-refractivity contribution is 5.87. The summed E-state index contributed by atoms with van der Waals surface area (Å²) in [5.41, 5.74) is 12.5. The number of allylic oxidation sites excluding steroid dienone is 4. The van der Waals surface area contributed by atoms with Crippen molar-refractivity contribution in [2.75, 3.05) is 7.05 Å². The molecule has 0 atom stereocenters. The molecule has 0 bridgehead atoms. The number of rotatable bonds is 5. The van der Waals surface area contributed by atoms with Gasteiger partial charge in [0.1, 0.15) is 11.6 Å². The van der Waals surface area contributed by atoms with Crippen molar-refractivity contribution in [1.82, 2.24) is 9.55 Å². The third-order valence-electron chi connectivity index (χ3n) is 5.07. The molecule has 1 aliphatic rings. The lowest BCUT2D eigenvalue weighted by Crippen LogP contribution is -2.12. The van der Waals surface area contributed by atoms with Gasteiger partial charge < -0.3 is 10.3 Å². The van der Waals surface area contributed by atoms with E-state index in [-0.39, 0.29) is 5.82 Å². The normalized spacial score (nSPS) is 14.9. The van der Waals surface area contributed by atoms with Crippen LogP contribution in [-0.2, 0) is 6.42 Å². The summed E-state index contributed by atoms with van der Waals surface area (Å²) in [7, 11) is 1.74. The Morgan fingerprint density at radius 1 is 1.30 bits per heavy atom. The number of nitrogens with zero attached hydrogens (tertiary/aromatic N) is 3. The highest BCUT2D eigenvalue weighted by Crippen LogP contribution is 2.32. The number of nitrogens with two attached hydrogens (primary N) is 1. The average molecular weight is 366 g/mol. The fourth-order valence-electron chi connectivity index (χ4n) is 3.50. The fourth-order valence-corrected chi connectivity index (χ4v) is 3.50. The standard InChI is InChI=1S/C22H27FN4/c1-5-6-16-7-8-17(12-20(16)23)22-26-14(2)15(3)27(22)19-9-10-21(24)18(11-19)13-25-4/h7-8,11-13H,5-6,9-10,24H2,1-4H3. The number of aromatic nitrogens is 2. The summed E-state index contributed by atoms with van der Waals surface area (Å²) >= 11 is 0. The summed E-state index contributed by atoms with van der Waals surface area (Å²) in [5.74, 6) is 0.603. The number of hydrogen-bond acceptors (Lipinski definition) is 3. The van der Waals surface area contributed by atoms with E-state index in [9.17, 15) is 4.39 Å². The van der Waals surface area contributed by atoms with Crippen molar-refractivity contribution < 1.29 is 4.39 Å². The molecule has 0 fully saturated rings. The van der Waals surface area contributed by atoms with Crippen molar-refractivity contribution in [3.63, 3.8) is 0 Å². The van der Waals surface area contributed by atoms with Crippen molar-refractivity contribution >= 4 is 11.9 Å². The van der Waals surface area contributed by atoms with E-state index in [0.29, 0.717) is 0 Å². The van der Waals surface area contributed by atoms with Gasteiger partial charge in [-0.25, -0.2) is 9.37 Å². The first-order valence-corrected chi connectivity index (χ1v) is 9.42. The quantitative estimate of drug-likeness (QED) is 0.772. The second kappa shape index (κ2) is 7.91. The predicted molar refractivity (Wildman–Crippen MR) is 110 cm³/mol. The van der Waals surface area contributed by atoms with E-state index in [1.165, 1.54) is 0 Å². The van der Waals surface area contributed by atoms with E-state index in [4.69, 9.17) is 10.7 Å². The summed E-state index contributed by atoms with van der Waals surface area (Å²) in [6, 6.07) is 5.44. The average Bonchev–Trinajstić information content (AvgIpc) is 2.94. The van der Waals surface area contributed by atoms with Crippen LogP contribution in [0.25, 0.3) is 17.1 Å². The van der Waals surface area contributed by atoms with Crippen LogP contribution in [0.15, 0.2) is 40.5 Å². The number of aryl methyl sites for hydroxylation is 2. The fraction of sp³-hybridized carbons (Fsp3) is 0.364. The van der Waals surface area contributed by atoms with E-state index in [1.54, 1.807) is 19.3 Å². The third kappa shape index (κ3) is 3.72. The van der Waals surface area contributed by atoms with Crippen LogP contribution < -0.4 is 5.73 Å². The number of hydrogen-bond donors (Lipinski definition) is 1. The number of aliphatic imine (C=N–C) groups is 1. The topological polar surface area (TPSA) is 56.2 Å². The first kappa shape index (κ1) is 19.1. The van der Waals surface area contributed by atoms with Crippen molar-refractivity contribution in [3.8, 4) is 11.4 Å². The molecule has 4 nitrogen and oxygen atoms in total. The van der Waals surface area contributed by atoms with Crippen LogP contribution in [0, 0.1) is 19.7 Å². The summed E-state index contributed by atoms with van der Waals surface area (Å²) < 4.78 is 16.6. The van der Waals surface area contributed by atoms with Gasteiger partial charge in [0.15, 0.2) is 0 Å². The minimum Gasteiger partial charge on any atom is -0.402 e. The largest absolute Gasteiger partial charge is 0.402 e. The zero-order valence-electron chi connectivity index (χ0n) is 16.5. The van der Waals surface area contributed by atoms with Gasteiger partial charge in [-0.3, -0.25) is 4.99 Å². The van der Waals surface area contributed by atoms with Gasteiger partial charge in [0.25, 0.3) is 0 Å². The first-order valence-electron chi connectivity index (χ1n) is 9.42. The molecule has 0 saturated heterocycles. The molecular formula is C22H27FN4. The summed E-state index contributed by atoms with van der Waals surface area (Å²) in [4.78, 5) is 8.84. The van der Waals surface area contributed by atoms with E-state index in [0.717, 1.165) is 71.0 Å². The molecule has 2 N–H and O–H groups in total. The van der Waals surface area contributed by atoms with Gasteiger partial charge in [-0.2, -0.15) is 0 Å². The van der Waals surface area contributed by atoms with Gasteiger partial charge in [-0.1, -0.05) is 25.5 Å². The molecule has 1 aliphatic carbocycles. The minimum atomic E-state index is -0.167. The zero-order chi connectivity index (χ0) is 19.6. The molecule has 0 unspecified atom stereocenters. The van der Waals surface area contributed by atoms with Crippen molar-refractivity contribution in [1.29, 1.82) is 0 Å². The maximum absolute atomic E-state index is 14.5. The second-order valence-corrected chi connectivity index (χ2v) is 7.00. The highest BCUT2D eigenvalue weighted by atomic mass is 19.1. The van der Waals surface area contributed by atoms with Crippen LogP contribution >= 0.6 is 0 Å². The smallest absolute Gasteiger partial charge is 0.144 e. The molecule has 0 saturated carbocycles. The molecule has 0 aliphatic heterocycles. The Morgan fingerprint density at radius 3 is 2.74 bits per heavy atom. The summed E-state index contributed by atoms with van der Waals surface area (Å²) in [6.45, 7) is 6.08. The molecule has 27 heavy (non-hydrogen) atoms. The maximum atomic E-state index is 14.5. The van der Waals surface area contributed by atoms with Crippen LogP contribution in [0.1, 0.15) is 43.1 Å². The van der Waals surface area contributed by atoms with E-state index >= 15 is 0 Å². The molecule has 5 heteroatoms. The molecule has 0 spiro atoms. The highest BCUT2D eigenvalue weighted by Gasteiger charge is 2.20. The maximum Gasteiger partial charge on any atom is 0.144 e. The Morgan fingerprint density at radius 2 is 2.07 bits per heavy atom. The molecular weight excluding hydrogens is 339 g/mol. The molecule has 1 aromatic heterocycles. The first-order chi connectivity index (χ1) is 13.0. The SMILES string of the molecule is CCCc1ccc(-c2nc(C)c(C)n2C2=CC(C=NC)=C(N)CC2)cc1F. The lowest BCUT2D eigenvalue weighted by molar-refractivity contribution is 0.607. The van der Waals surface area contributed by atoms with E-state index < -0.39 is 0 Å². The second-order valence-electron chi connectivity index (χ2n) is 7.00. The molecule has 1 heterocycles. The molecule has 1 aromatic carbocycles. The number of benzene rings is 1. The van der Waals surface area contributed by atoms with Crippen LogP contribution in [-0.4, -0.2) is 22.8 Å². The van der Waals surface area contributed by atoms with Crippen LogP contribution in [0.4, 0.5) is 4.39 Å². The van der Waals surface area contributed by atoms with E-state index in [2.05, 4.69) is 22.6 Å². The minimum absolute atomic E-state index is 0.167. The van der Waals surface area contributed by atoms with E-state index in [1.807, 2.05) is 26.0 Å². The molecule has 0 radical (unpaired) electrons. The van der Waals surface area contributed by atoms with Crippen LogP contribution in [0.2, 0.25) is 0 Å². The molecule has 3 rings (SSSR count). The Kier molecular flexibility index (Phi) is 5.59. The molecule has 0 amide bonds. The van der Waals surface area contributed by atoms with Crippen molar-refractivity contribution in [3.05, 3.63) is 58.3 Å². The van der Waals surface area contributed by atoms with Gasteiger partial charge in [0, 0.05) is 41.5 Å². The zero-order valence-corrected chi connectivity index (χ0v) is 16.5. The predicted octanol–water partition coefficient (Wildman–Crippen LogP) is 4.81. The summed E-state index contributed by atoms with van der Waals surface area (Å²) in [6.07, 6.45) is 7.09. The van der Waals surface area contributed by atoms with Crippen molar-refractivity contribution in [2.24, 2.45) is 10.7 Å². The Bertz CT molecular complexity index is 947. The Hall–Kier alpha value is -2.69. The lowest BCUT2D eigenvalue weighted by atomic mass is 10.0. The third-order valence-corrected chi connectivity index (χ3v) is 5.07. The van der Waals surface area contributed by atoms with Crippen LogP contribution in [0.5, 0.6) is 0 Å². The van der Waals surface area contributed by atoms with Crippen molar-refractivity contribution in [2.45, 2.75) is 46.5 Å². The van der Waals surface area contributed by atoms with Crippen LogP contribution in [0.3, 0.4) is 0 Å². The Balaban J connectivity index is 2.12. The molecule has 2 aromatic rings. The van der Waals surface area contributed by atoms with Gasteiger partial charge in [0.2, 0.25) is 0 Å².